The lowest BCUT2D eigenvalue weighted by Crippen LogP contribution is -2.41. The first-order valence-electron chi connectivity index (χ1n) is 8.20. The van der Waals surface area contributed by atoms with Gasteiger partial charge in [-0.25, -0.2) is 0 Å². The smallest absolute Gasteiger partial charge is 0.246 e. The number of aromatic nitrogens is 1. The number of anilines is 2. The van der Waals surface area contributed by atoms with E-state index in [0.29, 0.717) is 22.9 Å². The molecule has 2 amide bonds. The number of methoxy groups -OCH3 is 1. The number of likely N-dealkylation sites (N-methyl/N-ethyl adjacent to an activating group) is 1. The molecule has 0 saturated carbocycles. The van der Waals surface area contributed by atoms with Crippen LogP contribution in [0.3, 0.4) is 0 Å². The quantitative estimate of drug-likeness (QED) is 0.768. The zero-order chi connectivity index (χ0) is 19.3. The number of primary amides is 1. The van der Waals surface area contributed by atoms with Crippen molar-refractivity contribution in [2.24, 2.45) is 5.73 Å². The maximum atomic E-state index is 13.0. The number of carbonyl (C=O) groups excluding carboxylic acids is 2. The minimum absolute atomic E-state index is 0.0544. The van der Waals surface area contributed by atoms with E-state index in [0.717, 1.165) is 5.69 Å². The molecule has 0 fully saturated rings. The van der Waals surface area contributed by atoms with Gasteiger partial charge in [0.2, 0.25) is 11.8 Å². The fraction of sp³-hybridized carbons (Fsp3) is 0.389. The van der Waals surface area contributed by atoms with Gasteiger partial charge in [-0.1, -0.05) is 17.3 Å². The Kier molecular flexibility index (Phi) is 6.21. The van der Waals surface area contributed by atoms with Crippen molar-refractivity contribution in [2.45, 2.75) is 20.3 Å². The average Bonchev–Trinajstić information content (AvgIpc) is 2.93. The molecule has 2 aromatic rings. The monoisotopic (exact) mass is 360 g/mol. The zero-order valence-corrected chi connectivity index (χ0v) is 15.5. The minimum atomic E-state index is -0.475. The third-order valence-corrected chi connectivity index (χ3v) is 4.01. The van der Waals surface area contributed by atoms with Crippen LogP contribution in [0.1, 0.15) is 17.9 Å². The summed E-state index contributed by atoms with van der Waals surface area (Å²) in [5.41, 5.74) is 7.34. The standard InChI is InChI=1S/C18H24N4O4/c1-12-18(13(2)26-20-12)21(3)11-17(24)22(10-9-16(19)23)14-7-5-6-8-15(14)25-4/h5-8H,9-11H2,1-4H3,(H2,19,23). The molecule has 1 aromatic heterocycles. The Labute approximate surface area is 152 Å². The number of hydrogen-bond donors (Lipinski definition) is 1. The van der Waals surface area contributed by atoms with E-state index in [-0.39, 0.29) is 25.4 Å². The Morgan fingerprint density at radius 2 is 1.96 bits per heavy atom. The van der Waals surface area contributed by atoms with Crippen LogP contribution in [0.5, 0.6) is 5.75 Å². The van der Waals surface area contributed by atoms with Gasteiger partial charge in [-0.3, -0.25) is 9.59 Å². The van der Waals surface area contributed by atoms with Gasteiger partial charge < -0.3 is 24.8 Å². The number of amides is 2. The number of hydrogen-bond acceptors (Lipinski definition) is 6. The number of nitrogens with two attached hydrogens (primary N) is 1. The summed E-state index contributed by atoms with van der Waals surface area (Å²) >= 11 is 0. The Bertz CT molecular complexity index is 768. The fourth-order valence-electron chi connectivity index (χ4n) is 2.84. The molecule has 2 rings (SSSR count). The van der Waals surface area contributed by atoms with E-state index >= 15 is 0 Å². The molecule has 0 bridgehead atoms. The van der Waals surface area contributed by atoms with E-state index in [4.69, 9.17) is 15.0 Å². The van der Waals surface area contributed by atoms with Crippen LogP contribution in [0.15, 0.2) is 28.8 Å². The zero-order valence-electron chi connectivity index (χ0n) is 15.5. The molecule has 8 heteroatoms. The van der Waals surface area contributed by atoms with Crippen molar-refractivity contribution in [1.29, 1.82) is 0 Å². The first kappa shape index (κ1) is 19.3. The summed E-state index contributed by atoms with van der Waals surface area (Å²) < 4.78 is 10.5. The lowest BCUT2D eigenvalue weighted by Gasteiger charge is -2.27. The number of rotatable bonds is 8. The summed E-state index contributed by atoms with van der Waals surface area (Å²) in [6.45, 7) is 3.86. The summed E-state index contributed by atoms with van der Waals surface area (Å²) in [5, 5.41) is 3.91. The SMILES string of the molecule is COc1ccccc1N(CCC(N)=O)C(=O)CN(C)c1c(C)noc1C. The van der Waals surface area contributed by atoms with Crippen LogP contribution in [0.2, 0.25) is 0 Å². The van der Waals surface area contributed by atoms with Gasteiger partial charge in [0.05, 0.1) is 19.3 Å². The summed E-state index contributed by atoms with van der Waals surface area (Å²) in [5.74, 6) is 0.513. The summed E-state index contributed by atoms with van der Waals surface area (Å²) in [7, 11) is 3.32. The van der Waals surface area contributed by atoms with Gasteiger partial charge in [-0.2, -0.15) is 0 Å². The van der Waals surface area contributed by atoms with Gasteiger partial charge in [-0.15, -0.1) is 0 Å². The molecule has 2 N–H and O–H groups in total. The van der Waals surface area contributed by atoms with Gasteiger partial charge in [0.1, 0.15) is 17.1 Å². The molecule has 0 saturated heterocycles. The number of carbonyl (C=O) groups is 2. The molecule has 1 heterocycles. The first-order chi connectivity index (χ1) is 12.3. The molecule has 0 atom stereocenters. The molecular formula is C18H24N4O4. The van der Waals surface area contributed by atoms with E-state index in [9.17, 15) is 9.59 Å². The van der Waals surface area contributed by atoms with Gasteiger partial charge in [0, 0.05) is 20.0 Å². The van der Waals surface area contributed by atoms with Crippen LogP contribution in [0, 0.1) is 13.8 Å². The molecule has 26 heavy (non-hydrogen) atoms. The van der Waals surface area contributed by atoms with Crippen molar-refractivity contribution in [2.75, 3.05) is 37.0 Å². The highest BCUT2D eigenvalue weighted by molar-refractivity contribution is 5.98. The third kappa shape index (κ3) is 4.33. The van der Waals surface area contributed by atoms with Gasteiger partial charge in [0.25, 0.3) is 0 Å². The molecule has 0 aliphatic rings. The van der Waals surface area contributed by atoms with Crippen LogP contribution in [0.4, 0.5) is 11.4 Å². The van der Waals surface area contributed by atoms with E-state index in [1.165, 1.54) is 12.0 Å². The molecule has 0 aliphatic carbocycles. The van der Waals surface area contributed by atoms with Crippen LogP contribution in [-0.2, 0) is 9.59 Å². The number of benzene rings is 1. The van der Waals surface area contributed by atoms with E-state index in [1.807, 2.05) is 13.0 Å². The fourth-order valence-corrected chi connectivity index (χ4v) is 2.84. The van der Waals surface area contributed by atoms with E-state index < -0.39 is 5.91 Å². The number of nitrogens with zero attached hydrogens (tertiary/aromatic N) is 3. The van der Waals surface area contributed by atoms with Crippen molar-refractivity contribution in [1.82, 2.24) is 5.16 Å². The molecular weight excluding hydrogens is 336 g/mol. The minimum Gasteiger partial charge on any atom is -0.495 e. The van der Waals surface area contributed by atoms with Crippen LogP contribution < -0.4 is 20.3 Å². The van der Waals surface area contributed by atoms with Crippen molar-refractivity contribution >= 4 is 23.2 Å². The Morgan fingerprint density at radius 1 is 1.27 bits per heavy atom. The maximum absolute atomic E-state index is 13.0. The number of aryl methyl sites for hydroxylation is 2. The number of ether oxygens (including phenoxy) is 1. The Balaban J connectivity index is 2.27. The molecule has 1 aromatic carbocycles. The van der Waals surface area contributed by atoms with Crippen molar-refractivity contribution in [3.05, 3.63) is 35.7 Å². The van der Waals surface area contributed by atoms with Crippen LogP contribution >= 0.6 is 0 Å². The normalized spacial score (nSPS) is 10.5. The molecule has 0 aliphatic heterocycles. The van der Waals surface area contributed by atoms with Crippen molar-refractivity contribution in [3.63, 3.8) is 0 Å². The molecule has 8 nitrogen and oxygen atoms in total. The third-order valence-electron chi connectivity index (χ3n) is 4.01. The van der Waals surface area contributed by atoms with Crippen molar-refractivity contribution in [3.8, 4) is 5.75 Å². The second-order valence-electron chi connectivity index (χ2n) is 5.96. The second-order valence-corrected chi connectivity index (χ2v) is 5.96. The predicted octanol–water partition coefficient (Wildman–Crippen LogP) is 1.64. The lowest BCUT2D eigenvalue weighted by atomic mass is 10.2. The second kappa shape index (κ2) is 8.37. The topological polar surface area (TPSA) is 102 Å². The molecule has 0 unspecified atom stereocenters. The van der Waals surface area contributed by atoms with E-state index in [2.05, 4.69) is 5.16 Å². The summed E-state index contributed by atoms with van der Waals surface area (Å²) in [4.78, 5) is 27.5. The Hall–Kier alpha value is -3.03. The largest absolute Gasteiger partial charge is 0.495 e. The summed E-state index contributed by atoms with van der Waals surface area (Å²) in [6, 6.07) is 7.15. The highest BCUT2D eigenvalue weighted by Gasteiger charge is 2.23. The summed E-state index contributed by atoms with van der Waals surface area (Å²) in [6.07, 6.45) is 0.0544. The first-order valence-corrected chi connectivity index (χ1v) is 8.20. The molecule has 0 spiro atoms. The average molecular weight is 360 g/mol. The Morgan fingerprint density at radius 3 is 2.54 bits per heavy atom. The molecule has 0 radical (unpaired) electrons. The van der Waals surface area contributed by atoms with Gasteiger partial charge in [-0.05, 0) is 26.0 Å². The van der Waals surface area contributed by atoms with E-state index in [1.54, 1.807) is 37.1 Å². The van der Waals surface area contributed by atoms with Crippen LogP contribution in [-0.4, -0.2) is 44.2 Å². The van der Waals surface area contributed by atoms with Crippen molar-refractivity contribution < 1.29 is 18.8 Å². The highest BCUT2D eigenvalue weighted by Crippen LogP contribution is 2.29. The maximum Gasteiger partial charge on any atom is 0.246 e. The van der Waals surface area contributed by atoms with Crippen LogP contribution in [0.25, 0.3) is 0 Å². The molecule has 140 valence electrons. The van der Waals surface area contributed by atoms with Gasteiger partial charge >= 0.3 is 0 Å². The van der Waals surface area contributed by atoms with Gasteiger partial charge in [0.15, 0.2) is 5.76 Å². The lowest BCUT2D eigenvalue weighted by molar-refractivity contribution is -0.118. The number of para-hydroxylation sites is 2. The predicted molar refractivity (Wildman–Crippen MR) is 98.4 cm³/mol. The highest BCUT2D eigenvalue weighted by atomic mass is 16.5.